The van der Waals surface area contributed by atoms with E-state index < -0.39 is 55.7 Å². The number of carbonyl (C=O) groups excluding carboxylic acids is 8. The Morgan fingerprint density at radius 1 is 0.486 bits per heavy atom. The number of imidazole rings is 1. The van der Waals surface area contributed by atoms with Gasteiger partial charge in [0.05, 0.1) is 20.8 Å². The number of sulfonamides is 1. The fourth-order valence-corrected chi connectivity index (χ4v) is 16.2. The molecule has 0 saturated carbocycles. The molecule has 8 amide bonds. The molecule has 0 aliphatic heterocycles. The molecular weight excluding hydrogens is 1830 g/mol. The van der Waals surface area contributed by atoms with E-state index in [1.54, 1.807) is 119 Å². The van der Waals surface area contributed by atoms with Crippen molar-refractivity contribution in [1.82, 2.24) is 61.6 Å². The van der Waals surface area contributed by atoms with Gasteiger partial charge in [0.25, 0.3) is 49.6 Å². The average Bonchev–Trinajstić information content (AvgIpc) is 1.63. The molecule has 140 heavy (non-hydrogen) atoms. The molecule has 13 rings (SSSR count). The van der Waals surface area contributed by atoms with Gasteiger partial charge in [0.15, 0.2) is 0 Å². The van der Waals surface area contributed by atoms with Crippen LogP contribution in [0.2, 0.25) is 0 Å². The molecule has 0 saturated heterocycles. The quantitative estimate of drug-likeness (QED) is 0.00739. The van der Waals surface area contributed by atoms with E-state index in [9.17, 15) is 55.2 Å². The maximum absolute atomic E-state index is 12.6. The molecule has 34 nitrogen and oxygen atoms in total. The summed E-state index contributed by atoms with van der Waals surface area (Å²) in [7, 11) is -3.52. The maximum atomic E-state index is 12.6. The van der Waals surface area contributed by atoms with Crippen molar-refractivity contribution in [2.24, 2.45) is 0 Å². The van der Waals surface area contributed by atoms with Crippen molar-refractivity contribution >= 4 is 142 Å². The Morgan fingerprint density at radius 3 is 1.63 bits per heavy atom. The number of para-hydroxylation sites is 3. The van der Waals surface area contributed by atoms with Gasteiger partial charge in [0.1, 0.15) is 12.4 Å². The molecule has 36 heteroatoms. The fraction of sp³-hybridized carbons (Fsp3) is 0.221. The number of nitrogens with one attached hydrogen (secondary N) is 11. The fourth-order valence-electron chi connectivity index (χ4n) is 13.8. The number of hydrogen-bond acceptors (Lipinski definition) is 22. The van der Waals surface area contributed by atoms with Crippen LogP contribution in [0, 0.1) is 6.92 Å². The highest BCUT2D eigenvalue weighted by molar-refractivity contribution is 7.92. The summed E-state index contributed by atoms with van der Waals surface area (Å²) in [6.45, 7) is 12.1. The van der Waals surface area contributed by atoms with Crippen LogP contribution < -0.4 is 53.6 Å². The second-order valence-corrected chi connectivity index (χ2v) is 35.4. The zero-order chi connectivity index (χ0) is 101. The molecule has 0 aliphatic carbocycles. The van der Waals surface area contributed by atoms with E-state index in [0.29, 0.717) is 35.3 Å². The Balaban J connectivity index is -0.000000849. The number of ether oxygens (including phenoxy) is 1. The Kier molecular flexibility index (Phi) is 45.8. The standard InChI is InChI=1S/C21H23N3O2.C21H20N2O4.C17H23N3O2.C16H19N3O4S.C15H14N2O4S.C14H20N2O3.11H2/c1-15-18(19-4-2-3-5-20(19)23-15)12-13-22-14-17-8-6-16(7-9-17)10-11-21(25)24-26;1-2-14-3-5-18-12-15(4-6-17(18)11-14)13-27-21(25)22-19-9-7-16(8-10-19)20(24)23-26;1-3-5-6-16-18-14-12-13(8-10-17(21)19-22)7-9-15(14)20(16)11-4-2;1-18(2)11-13-3-6-15(7-4-13)24(22,23)19-10-9-14(12-19)5-8-16(20)17-21;18-15(16-19)10-9-12-5-4-8-14(11-12)22(20,21)17-13-6-2-1-3-7-13;17-13(15-12-8-4-3-5-9-12)10-6-1-2-7-11-14(18)16-19;;;;;;;;;;;/h2-11,22-23,26H,12-14H2,1H3,(H,24,25);3-12,26H,2,13H2,1H3,(H,22,25)(H,23,24);7-10,12,22H,3-6,11H2,1-2H3,(H,19,21);3-10,12,21H,11H2,1-2H3,(H,17,20);1-11,17,19H,(H,16,18);3-5,8-9,19H,1-2,6-7,10-11H2,(H,15,17)(H,16,18);11*1H/b11-10+;;10-8+;8-5+;10-9+;;;;;;;;;;;;. The third kappa shape index (κ3) is 37.3. The summed E-state index contributed by atoms with van der Waals surface area (Å²) in [6.07, 6.45) is 23.6. The van der Waals surface area contributed by atoms with E-state index in [1.807, 2.05) is 110 Å². The van der Waals surface area contributed by atoms with Gasteiger partial charge < -0.3 is 29.8 Å². The molecule has 13 aromatic rings. The van der Waals surface area contributed by atoms with E-state index in [-0.39, 0.29) is 49.5 Å². The van der Waals surface area contributed by atoms with Gasteiger partial charge in [0, 0.05) is 131 Å². The molecule has 0 spiro atoms. The lowest BCUT2D eigenvalue weighted by atomic mass is 10.0. The highest BCUT2D eigenvalue weighted by Gasteiger charge is 2.20. The zero-order valence-electron chi connectivity index (χ0n) is 78.5. The van der Waals surface area contributed by atoms with Gasteiger partial charge >= 0.3 is 6.09 Å². The zero-order valence-corrected chi connectivity index (χ0v) is 80.1. The molecule has 10 aromatic carbocycles. The summed E-state index contributed by atoms with van der Waals surface area (Å²) in [5.41, 5.74) is 24.4. The maximum Gasteiger partial charge on any atom is 0.411 e. The van der Waals surface area contributed by atoms with E-state index in [1.165, 1.54) is 105 Å². The second kappa shape index (κ2) is 58.3. The minimum atomic E-state index is -3.71. The van der Waals surface area contributed by atoms with Crippen molar-refractivity contribution in [2.75, 3.05) is 36.0 Å². The predicted octanol–water partition coefficient (Wildman–Crippen LogP) is 19.4. The third-order valence-electron chi connectivity index (χ3n) is 21.0. The molecule has 3 aromatic heterocycles. The normalized spacial score (nSPS) is 11.1. The van der Waals surface area contributed by atoms with Gasteiger partial charge in [-0.2, -0.15) is 0 Å². The molecular formula is C104H141N15O19S2. The number of aromatic amines is 1. The van der Waals surface area contributed by atoms with Crippen LogP contribution in [0.4, 0.5) is 21.9 Å². The first-order valence-electron chi connectivity index (χ1n) is 45.0. The lowest BCUT2D eigenvalue weighted by Crippen LogP contribution is -2.18. The van der Waals surface area contributed by atoms with Crippen LogP contribution in [0.3, 0.4) is 0 Å². The molecule has 0 bridgehead atoms. The topological polar surface area (TPSA) is 498 Å². The van der Waals surface area contributed by atoms with Crippen molar-refractivity contribution in [1.29, 1.82) is 0 Å². The van der Waals surface area contributed by atoms with Crippen LogP contribution in [-0.2, 0) is 99.1 Å². The largest absolute Gasteiger partial charge is 0.444 e. The number of anilines is 3. The van der Waals surface area contributed by atoms with Crippen molar-refractivity contribution in [2.45, 2.75) is 141 Å². The van der Waals surface area contributed by atoms with Gasteiger partial charge in [0.2, 0.25) is 11.8 Å². The number of carbonyl (C=O) groups is 8. The lowest BCUT2D eigenvalue weighted by Gasteiger charge is -2.10. The molecule has 0 radical (unpaired) electrons. The van der Waals surface area contributed by atoms with E-state index in [2.05, 4.69) is 100 Å². The molecule has 0 atom stereocenters. The average molecular weight is 1970 g/mol. The summed E-state index contributed by atoms with van der Waals surface area (Å²) >= 11 is 0. The number of amides is 8. The van der Waals surface area contributed by atoms with Crippen LogP contribution in [0.5, 0.6) is 0 Å². The number of rotatable bonds is 38. The summed E-state index contributed by atoms with van der Waals surface area (Å²) in [6, 6.07) is 72.9. The van der Waals surface area contributed by atoms with Crippen LogP contribution >= 0.6 is 0 Å². The van der Waals surface area contributed by atoms with Crippen LogP contribution in [0.15, 0.2) is 289 Å². The van der Waals surface area contributed by atoms with E-state index in [0.717, 1.165) is 162 Å². The second-order valence-electron chi connectivity index (χ2n) is 31.9. The number of aromatic nitrogens is 4. The number of aryl methyl sites for hydroxylation is 4. The van der Waals surface area contributed by atoms with Gasteiger partial charge in [-0.05, 0) is 254 Å². The molecule has 0 aliphatic rings. The third-order valence-corrected chi connectivity index (χ3v) is 24.0. The number of hydroxylamine groups is 6. The van der Waals surface area contributed by atoms with Crippen molar-refractivity contribution in [3.8, 4) is 0 Å². The van der Waals surface area contributed by atoms with Crippen LogP contribution in [0.1, 0.15) is 166 Å². The Morgan fingerprint density at radius 2 is 1.04 bits per heavy atom. The molecule has 0 unspecified atom stereocenters. The first-order valence-corrected chi connectivity index (χ1v) is 47.9. The van der Waals surface area contributed by atoms with Gasteiger partial charge in [-0.3, -0.25) is 74.8 Å². The molecule has 3 heterocycles. The monoisotopic (exact) mass is 1970 g/mol. The smallest absolute Gasteiger partial charge is 0.411 e. The predicted molar refractivity (Wildman–Crippen MR) is 563 cm³/mol. The van der Waals surface area contributed by atoms with Gasteiger partial charge in [-0.25, -0.2) is 63.5 Å². The number of fused-ring (bicyclic) bond motifs is 3. The Hall–Kier alpha value is -15.4. The number of hydrogen-bond donors (Lipinski definition) is 17. The van der Waals surface area contributed by atoms with Gasteiger partial charge in [-0.1, -0.05) is 180 Å². The number of benzene rings is 10. The van der Waals surface area contributed by atoms with Gasteiger partial charge in [-0.15, -0.1) is 0 Å². The van der Waals surface area contributed by atoms with Crippen molar-refractivity contribution in [3.05, 3.63) is 347 Å². The Labute approximate surface area is 829 Å². The SMILES string of the molecule is CCCCc1nc2cc(/C=C/C(=O)NO)ccc2n1CCC.CCc1ccc2cc(COC(=O)Nc3ccc(C(=O)NO)cc3)ccc2c1.CN(C)Cc1ccc(S(=O)(=O)n2ccc(/C=C/C(=O)NO)c2)cc1.Cc1[nH]c2ccccc2c1CCNCc1ccc(/C=C/C(=O)NO)cc1.O=C(/C=C/c1cccc(S(=O)(=O)Nc2ccccc2)c1)NO.O=C(CCCCCCC(=O)Nc1ccccc1)NO.[HH].[HH].[HH].[HH].[HH].[HH].[HH].[HH].[HH].[HH].[HH]. The highest BCUT2D eigenvalue weighted by Crippen LogP contribution is 2.27. The lowest BCUT2D eigenvalue weighted by molar-refractivity contribution is -0.129. The first kappa shape index (κ1) is 110. The first-order chi connectivity index (χ1) is 67.5. The molecule has 0 fully saturated rings. The summed E-state index contributed by atoms with van der Waals surface area (Å²) in [5, 5.41) is 63.1. The summed E-state index contributed by atoms with van der Waals surface area (Å²) in [4.78, 5) is 99.9. The van der Waals surface area contributed by atoms with Crippen molar-refractivity contribution in [3.63, 3.8) is 0 Å². The minimum absolute atomic E-state index is 0. The summed E-state index contributed by atoms with van der Waals surface area (Å²) in [5.74, 6) is -2.30. The summed E-state index contributed by atoms with van der Waals surface area (Å²) < 4.78 is 60.9. The highest BCUT2D eigenvalue weighted by atomic mass is 32.2. The van der Waals surface area contributed by atoms with E-state index >= 15 is 0 Å². The number of nitrogens with zero attached hydrogens (tertiary/aromatic N) is 4. The molecule has 758 valence electrons. The number of H-pyrrole nitrogens is 1. The van der Waals surface area contributed by atoms with Crippen LogP contribution in [-0.4, -0.2) is 140 Å². The van der Waals surface area contributed by atoms with E-state index in [4.69, 9.17) is 41.0 Å². The Bertz CT molecular complexity index is 6650. The number of unbranched alkanes of at least 4 members (excludes halogenated alkanes) is 4. The van der Waals surface area contributed by atoms with Crippen LogP contribution in [0.25, 0.3) is 57.0 Å². The van der Waals surface area contributed by atoms with Crippen molar-refractivity contribution < 1.29 is 107 Å². The molecule has 17 N–H and O–H groups in total. The minimum Gasteiger partial charge on any atom is -0.444 e.